The van der Waals surface area contributed by atoms with Gasteiger partial charge in [0.15, 0.2) is 0 Å². The molecule has 0 aromatic rings. The third-order valence-corrected chi connectivity index (χ3v) is 0.567. The average Bonchev–Trinajstić information content (AvgIpc) is 1.41. The maximum absolute atomic E-state index is 5.15. The fraction of sp³-hybridized carbons (Fsp3) is 1.00. The van der Waals surface area contributed by atoms with Gasteiger partial charge in [0.25, 0.3) is 0 Å². The van der Waals surface area contributed by atoms with E-state index < -0.39 is 0 Å². The standard InChI is InChI=1S/C2H5Cl2N.ClH/c3-1-2-5-4;/h5H,1-2H2;1H. The van der Waals surface area contributed by atoms with Gasteiger partial charge in [0.1, 0.15) is 0 Å². The zero-order valence-corrected chi connectivity index (χ0v) is 5.41. The molecule has 0 radical (unpaired) electrons. The second-order valence-corrected chi connectivity index (χ2v) is 1.22. The molecule has 0 saturated carbocycles. The summed E-state index contributed by atoms with van der Waals surface area (Å²) in [6.07, 6.45) is 0. The second-order valence-electron chi connectivity index (χ2n) is 0.573. The molecule has 1 nitrogen and oxygen atoms in total. The van der Waals surface area contributed by atoms with Crippen molar-refractivity contribution < 1.29 is 0 Å². The van der Waals surface area contributed by atoms with E-state index in [1.54, 1.807) is 0 Å². The summed E-state index contributed by atoms with van der Waals surface area (Å²) in [7, 11) is 0. The quantitative estimate of drug-likeness (QED) is 0.463. The van der Waals surface area contributed by atoms with E-state index in [0.717, 1.165) is 0 Å². The Morgan fingerprint density at radius 3 is 2.00 bits per heavy atom. The van der Waals surface area contributed by atoms with Gasteiger partial charge in [0.05, 0.1) is 0 Å². The molecule has 0 aromatic heterocycles. The van der Waals surface area contributed by atoms with E-state index in [1.165, 1.54) is 0 Å². The molecule has 6 heavy (non-hydrogen) atoms. The van der Waals surface area contributed by atoms with Crippen LogP contribution >= 0.6 is 35.8 Å². The van der Waals surface area contributed by atoms with Crippen LogP contribution in [0.2, 0.25) is 0 Å². The zero-order valence-electron chi connectivity index (χ0n) is 3.08. The summed E-state index contributed by atoms with van der Waals surface area (Å²) in [6, 6.07) is 0. The van der Waals surface area contributed by atoms with Crippen molar-refractivity contribution in [1.82, 2.24) is 4.84 Å². The van der Waals surface area contributed by atoms with E-state index in [2.05, 4.69) is 4.84 Å². The minimum absolute atomic E-state index is 0. The van der Waals surface area contributed by atoms with Gasteiger partial charge in [-0.05, 0) is 11.8 Å². The van der Waals surface area contributed by atoms with Gasteiger partial charge >= 0.3 is 0 Å². The molecule has 0 saturated heterocycles. The summed E-state index contributed by atoms with van der Waals surface area (Å²) >= 11 is 10.1. The molecule has 0 aliphatic heterocycles. The Morgan fingerprint density at radius 2 is 2.00 bits per heavy atom. The molecule has 0 aliphatic carbocycles. The SMILES string of the molecule is Cl.ClCCNCl. The molecule has 0 unspecified atom stereocenters. The maximum atomic E-state index is 5.15. The molecule has 0 aliphatic rings. The predicted octanol–water partition coefficient (Wildman–Crippen LogP) is 1.39. The lowest BCUT2D eigenvalue weighted by atomic mass is 10.8. The van der Waals surface area contributed by atoms with Crippen LogP contribution in [0.1, 0.15) is 0 Å². The highest BCUT2D eigenvalue weighted by molar-refractivity contribution is 6.19. The summed E-state index contributed by atoms with van der Waals surface area (Å²) in [5.41, 5.74) is 0. The second kappa shape index (κ2) is 9.27. The van der Waals surface area contributed by atoms with Crippen molar-refractivity contribution in [2.75, 3.05) is 12.4 Å². The summed E-state index contributed by atoms with van der Waals surface area (Å²) < 4.78 is 0. The van der Waals surface area contributed by atoms with E-state index in [4.69, 9.17) is 23.4 Å². The lowest BCUT2D eigenvalue weighted by Crippen LogP contribution is -2.00. The first-order chi connectivity index (χ1) is 2.41. The molecule has 0 heterocycles. The van der Waals surface area contributed by atoms with Crippen LogP contribution in [-0.2, 0) is 0 Å². The molecule has 0 amide bonds. The Balaban J connectivity index is 0. The van der Waals surface area contributed by atoms with Gasteiger partial charge in [-0.15, -0.1) is 24.0 Å². The van der Waals surface area contributed by atoms with Crippen LogP contribution in [0.4, 0.5) is 0 Å². The van der Waals surface area contributed by atoms with Crippen LogP contribution in [-0.4, -0.2) is 12.4 Å². The Hall–Kier alpha value is 0.830. The van der Waals surface area contributed by atoms with Crippen LogP contribution in [0, 0.1) is 0 Å². The number of hydrogen-bond donors (Lipinski definition) is 1. The third kappa shape index (κ3) is 8.85. The van der Waals surface area contributed by atoms with Crippen molar-refractivity contribution in [3.63, 3.8) is 0 Å². The van der Waals surface area contributed by atoms with Gasteiger partial charge in [-0.3, -0.25) is 0 Å². The van der Waals surface area contributed by atoms with Crippen molar-refractivity contribution in [1.29, 1.82) is 0 Å². The molecule has 0 aromatic carbocycles. The number of rotatable bonds is 2. The first-order valence-corrected chi connectivity index (χ1v) is 2.22. The zero-order chi connectivity index (χ0) is 4.12. The summed E-state index contributed by atoms with van der Waals surface area (Å²) in [4.78, 5) is 2.36. The number of alkyl halides is 1. The van der Waals surface area contributed by atoms with Gasteiger partial charge in [-0.1, -0.05) is 0 Å². The van der Waals surface area contributed by atoms with Crippen molar-refractivity contribution in [2.24, 2.45) is 0 Å². The van der Waals surface area contributed by atoms with Crippen LogP contribution in [0.3, 0.4) is 0 Å². The fourth-order valence-electron chi connectivity index (χ4n) is 0.0357. The first-order valence-electron chi connectivity index (χ1n) is 1.31. The largest absolute Gasteiger partial charge is 0.232 e. The first kappa shape index (κ1) is 9.95. The predicted molar refractivity (Wildman–Crippen MR) is 31.8 cm³/mol. The summed E-state index contributed by atoms with van der Waals surface area (Å²) in [6.45, 7) is 0.670. The molecule has 1 N–H and O–H groups in total. The minimum Gasteiger partial charge on any atom is -0.232 e. The van der Waals surface area contributed by atoms with Gasteiger partial charge in [-0.25, -0.2) is 4.84 Å². The van der Waals surface area contributed by atoms with Crippen LogP contribution in [0.15, 0.2) is 0 Å². The van der Waals surface area contributed by atoms with Gasteiger partial charge in [0.2, 0.25) is 0 Å². The Kier molecular flexibility index (Phi) is 15.4. The van der Waals surface area contributed by atoms with Crippen molar-refractivity contribution in [2.45, 2.75) is 0 Å². The highest BCUT2D eigenvalue weighted by Crippen LogP contribution is 1.68. The summed E-state index contributed by atoms with van der Waals surface area (Å²) in [5.74, 6) is 0.573. The fourth-order valence-corrected chi connectivity index (χ4v) is 0.321. The highest BCUT2D eigenvalue weighted by Gasteiger charge is 1.69. The van der Waals surface area contributed by atoms with E-state index >= 15 is 0 Å². The van der Waals surface area contributed by atoms with Gasteiger partial charge in [-0.2, -0.15) is 0 Å². The maximum Gasteiger partial charge on any atom is 0.0361 e. The molecule has 0 atom stereocenters. The number of hydrogen-bond acceptors (Lipinski definition) is 1. The lowest BCUT2D eigenvalue weighted by Gasteiger charge is -1.79. The normalized spacial score (nSPS) is 7.00. The Morgan fingerprint density at radius 1 is 1.50 bits per heavy atom. The molecular weight excluding hydrogens is 144 g/mol. The van der Waals surface area contributed by atoms with Crippen LogP contribution in [0.25, 0.3) is 0 Å². The molecule has 0 spiro atoms. The van der Waals surface area contributed by atoms with Crippen LogP contribution in [0.5, 0.6) is 0 Å². The molecular formula is C2H6Cl3N. The van der Waals surface area contributed by atoms with E-state index in [-0.39, 0.29) is 12.4 Å². The van der Waals surface area contributed by atoms with Gasteiger partial charge in [0, 0.05) is 12.4 Å². The van der Waals surface area contributed by atoms with Crippen LogP contribution < -0.4 is 4.84 Å². The Labute approximate surface area is 53.5 Å². The van der Waals surface area contributed by atoms with E-state index in [9.17, 15) is 0 Å². The summed E-state index contributed by atoms with van der Waals surface area (Å²) in [5, 5.41) is 0. The van der Waals surface area contributed by atoms with E-state index in [1.807, 2.05) is 0 Å². The van der Waals surface area contributed by atoms with Crippen molar-refractivity contribution in [3.8, 4) is 0 Å². The molecule has 0 bridgehead atoms. The average molecular weight is 150 g/mol. The number of nitrogens with one attached hydrogen (secondary N) is 1. The number of halogens is 3. The third-order valence-electron chi connectivity index (χ3n) is 0.189. The lowest BCUT2D eigenvalue weighted by molar-refractivity contribution is 1.03. The van der Waals surface area contributed by atoms with Gasteiger partial charge < -0.3 is 0 Å². The molecule has 4 heteroatoms. The Bertz CT molecular complexity index is 16.3. The minimum atomic E-state index is 0. The monoisotopic (exact) mass is 149 g/mol. The smallest absolute Gasteiger partial charge is 0.0361 e. The molecule has 40 valence electrons. The topological polar surface area (TPSA) is 12.0 Å². The molecule has 0 fully saturated rings. The van der Waals surface area contributed by atoms with Crippen molar-refractivity contribution in [3.05, 3.63) is 0 Å². The highest BCUT2D eigenvalue weighted by atomic mass is 35.5. The van der Waals surface area contributed by atoms with Crippen molar-refractivity contribution >= 4 is 35.8 Å². The van der Waals surface area contributed by atoms with E-state index in [0.29, 0.717) is 12.4 Å². The molecule has 0 rings (SSSR count).